The summed E-state index contributed by atoms with van der Waals surface area (Å²) >= 11 is 0. The standard InChI is InChI=1S/C14H14FN5O2/c1-16-14(22)18-5-9(7-21)11-4-10(8-2-3-8)13-17-6-12(15)20(13)19-11/h4-8H,2-3H2,1H3,(H2,16,18,22)/b9-5+. The number of amides is 2. The average molecular weight is 303 g/mol. The number of nitrogens with zero attached hydrogens (tertiary/aromatic N) is 3. The van der Waals surface area contributed by atoms with E-state index < -0.39 is 12.0 Å². The summed E-state index contributed by atoms with van der Waals surface area (Å²) in [5, 5.41) is 8.85. The minimum atomic E-state index is -0.594. The van der Waals surface area contributed by atoms with Gasteiger partial charge in [0.15, 0.2) is 11.9 Å². The van der Waals surface area contributed by atoms with Gasteiger partial charge in [-0.1, -0.05) is 0 Å². The van der Waals surface area contributed by atoms with Crippen molar-refractivity contribution >= 4 is 23.5 Å². The van der Waals surface area contributed by atoms with Crippen molar-refractivity contribution in [3.8, 4) is 0 Å². The normalized spacial score (nSPS) is 14.9. The second kappa shape index (κ2) is 5.55. The van der Waals surface area contributed by atoms with Gasteiger partial charge >= 0.3 is 6.03 Å². The summed E-state index contributed by atoms with van der Waals surface area (Å²) in [5.41, 5.74) is 1.77. The van der Waals surface area contributed by atoms with E-state index in [4.69, 9.17) is 0 Å². The highest BCUT2D eigenvalue weighted by atomic mass is 19.1. The summed E-state index contributed by atoms with van der Waals surface area (Å²) in [7, 11) is 1.46. The molecule has 0 saturated heterocycles. The summed E-state index contributed by atoms with van der Waals surface area (Å²) in [5.74, 6) is -0.283. The van der Waals surface area contributed by atoms with Crippen molar-refractivity contribution in [3.63, 3.8) is 0 Å². The molecular formula is C14H14FN5O2. The van der Waals surface area contributed by atoms with Crippen molar-refractivity contribution in [3.05, 3.63) is 35.7 Å². The van der Waals surface area contributed by atoms with Crippen molar-refractivity contribution < 1.29 is 14.0 Å². The number of rotatable bonds is 4. The Morgan fingerprint density at radius 2 is 2.27 bits per heavy atom. The third kappa shape index (κ3) is 2.54. The Bertz CT molecular complexity index is 779. The molecule has 0 atom stereocenters. The highest BCUT2D eigenvalue weighted by molar-refractivity contribution is 6.06. The zero-order valence-electron chi connectivity index (χ0n) is 11.8. The minimum absolute atomic E-state index is 0.153. The zero-order valence-corrected chi connectivity index (χ0v) is 11.8. The van der Waals surface area contributed by atoms with E-state index in [1.165, 1.54) is 13.2 Å². The van der Waals surface area contributed by atoms with Gasteiger partial charge < -0.3 is 10.6 Å². The molecule has 0 aliphatic heterocycles. The fourth-order valence-corrected chi connectivity index (χ4v) is 2.18. The van der Waals surface area contributed by atoms with E-state index in [2.05, 4.69) is 20.7 Å². The van der Waals surface area contributed by atoms with Gasteiger partial charge in [-0.15, -0.1) is 0 Å². The molecule has 3 rings (SSSR count). The molecule has 2 N–H and O–H groups in total. The van der Waals surface area contributed by atoms with Crippen LogP contribution in [0.3, 0.4) is 0 Å². The lowest BCUT2D eigenvalue weighted by atomic mass is 10.1. The SMILES string of the molecule is CNC(=O)N/C=C(\C=O)c1cc(C2CC2)c2ncc(F)n2n1. The van der Waals surface area contributed by atoms with Crippen molar-refractivity contribution in [2.75, 3.05) is 7.05 Å². The Labute approximate surface area is 125 Å². The van der Waals surface area contributed by atoms with Gasteiger partial charge in [-0.25, -0.2) is 9.78 Å². The maximum atomic E-state index is 13.8. The number of imidazole rings is 1. The number of carbonyl (C=O) groups excluding carboxylic acids is 2. The number of aromatic nitrogens is 3. The number of hydrogen-bond donors (Lipinski definition) is 2. The summed E-state index contributed by atoms with van der Waals surface area (Å²) in [6.45, 7) is 0. The molecule has 2 heterocycles. The van der Waals surface area contributed by atoms with Gasteiger partial charge in [-0.05, 0) is 24.8 Å². The monoisotopic (exact) mass is 303 g/mol. The number of halogens is 1. The van der Waals surface area contributed by atoms with Crippen LogP contribution in [-0.2, 0) is 4.79 Å². The number of aldehydes is 1. The van der Waals surface area contributed by atoms with Crippen LogP contribution in [0.4, 0.5) is 9.18 Å². The molecule has 0 radical (unpaired) electrons. The lowest BCUT2D eigenvalue weighted by Gasteiger charge is -2.07. The van der Waals surface area contributed by atoms with Crippen LogP contribution in [0.5, 0.6) is 0 Å². The Morgan fingerprint density at radius 3 is 2.91 bits per heavy atom. The van der Waals surface area contributed by atoms with E-state index in [9.17, 15) is 14.0 Å². The third-order valence-electron chi connectivity index (χ3n) is 3.48. The van der Waals surface area contributed by atoms with Crippen molar-refractivity contribution in [1.29, 1.82) is 0 Å². The average Bonchev–Trinajstić information content (AvgIpc) is 3.31. The van der Waals surface area contributed by atoms with Gasteiger partial charge in [0.05, 0.1) is 17.5 Å². The Kier molecular flexibility index (Phi) is 3.58. The molecule has 0 aromatic carbocycles. The predicted octanol–water partition coefficient (Wildman–Crippen LogP) is 1.21. The van der Waals surface area contributed by atoms with Gasteiger partial charge in [0.2, 0.25) is 5.95 Å². The lowest BCUT2D eigenvalue weighted by molar-refractivity contribution is -0.103. The second-order valence-electron chi connectivity index (χ2n) is 5.02. The van der Waals surface area contributed by atoms with Crippen LogP contribution in [0.25, 0.3) is 11.2 Å². The van der Waals surface area contributed by atoms with E-state index >= 15 is 0 Å². The second-order valence-corrected chi connectivity index (χ2v) is 5.02. The van der Waals surface area contributed by atoms with Crippen LogP contribution in [0.2, 0.25) is 0 Å². The third-order valence-corrected chi connectivity index (χ3v) is 3.48. The van der Waals surface area contributed by atoms with E-state index in [0.717, 1.165) is 29.1 Å². The fraction of sp³-hybridized carbons (Fsp3) is 0.286. The smallest absolute Gasteiger partial charge is 0.318 e. The van der Waals surface area contributed by atoms with Crippen LogP contribution in [0.1, 0.15) is 30.0 Å². The van der Waals surface area contributed by atoms with Gasteiger partial charge in [-0.3, -0.25) is 4.79 Å². The number of urea groups is 1. The molecule has 2 amide bonds. The molecule has 0 unspecified atom stereocenters. The molecule has 1 fully saturated rings. The predicted molar refractivity (Wildman–Crippen MR) is 76.6 cm³/mol. The van der Waals surface area contributed by atoms with Gasteiger partial charge in [0.25, 0.3) is 0 Å². The molecular weight excluding hydrogens is 289 g/mol. The molecule has 22 heavy (non-hydrogen) atoms. The molecule has 0 bridgehead atoms. The minimum Gasteiger partial charge on any atom is -0.341 e. The quantitative estimate of drug-likeness (QED) is 0.656. The largest absolute Gasteiger partial charge is 0.341 e. The molecule has 2 aromatic rings. The van der Waals surface area contributed by atoms with Crippen LogP contribution >= 0.6 is 0 Å². The Hall–Kier alpha value is -2.77. The maximum absolute atomic E-state index is 13.8. The number of fused-ring (bicyclic) bond motifs is 1. The van der Waals surface area contributed by atoms with E-state index in [0.29, 0.717) is 17.9 Å². The van der Waals surface area contributed by atoms with E-state index in [1.54, 1.807) is 6.07 Å². The van der Waals surface area contributed by atoms with Crippen LogP contribution < -0.4 is 10.6 Å². The maximum Gasteiger partial charge on any atom is 0.318 e. The van der Waals surface area contributed by atoms with Gasteiger partial charge in [0.1, 0.15) is 0 Å². The van der Waals surface area contributed by atoms with Gasteiger partial charge in [-0.2, -0.15) is 14.0 Å². The lowest BCUT2D eigenvalue weighted by Crippen LogP contribution is -2.28. The van der Waals surface area contributed by atoms with Crippen molar-refractivity contribution in [2.24, 2.45) is 0 Å². The number of nitrogens with one attached hydrogen (secondary N) is 2. The number of allylic oxidation sites excluding steroid dienone is 1. The fourth-order valence-electron chi connectivity index (χ4n) is 2.18. The first kappa shape index (κ1) is 14.2. The summed E-state index contributed by atoms with van der Waals surface area (Å²) in [4.78, 5) is 26.5. The van der Waals surface area contributed by atoms with Crippen molar-refractivity contribution in [1.82, 2.24) is 25.2 Å². The molecule has 0 spiro atoms. The first-order chi connectivity index (χ1) is 10.6. The van der Waals surface area contributed by atoms with Gasteiger partial charge in [0, 0.05) is 18.8 Å². The highest BCUT2D eigenvalue weighted by Crippen LogP contribution is 2.42. The molecule has 1 aliphatic rings. The molecule has 2 aromatic heterocycles. The molecule has 1 saturated carbocycles. The van der Waals surface area contributed by atoms with E-state index in [-0.39, 0.29) is 11.3 Å². The number of carbonyl (C=O) groups is 2. The Balaban J connectivity index is 2.07. The topological polar surface area (TPSA) is 88.4 Å². The summed E-state index contributed by atoms with van der Waals surface area (Å²) in [6.07, 6.45) is 4.92. The van der Waals surface area contributed by atoms with Crippen LogP contribution in [0, 0.1) is 5.95 Å². The highest BCUT2D eigenvalue weighted by Gasteiger charge is 2.28. The first-order valence-corrected chi connectivity index (χ1v) is 6.82. The summed E-state index contributed by atoms with van der Waals surface area (Å²) in [6, 6.07) is 1.27. The molecule has 1 aliphatic carbocycles. The van der Waals surface area contributed by atoms with Crippen molar-refractivity contribution in [2.45, 2.75) is 18.8 Å². The molecule has 7 nitrogen and oxygen atoms in total. The Morgan fingerprint density at radius 1 is 1.50 bits per heavy atom. The van der Waals surface area contributed by atoms with Crippen LogP contribution in [-0.4, -0.2) is 34.0 Å². The summed E-state index contributed by atoms with van der Waals surface area (Å²) < 4.78 is 14.9. The zero-order chi connectivity index (χ0) is 15.7. The van der Waals surface area contributed by atoms with Crippen LogP contribution in [0.15, 0.2) is 18.5 Å². The first-order valence-electron chi connectivity index (χ1n) is 6.82. The van der Waals surface area contributed by atoms with E-state index in [1.807, 2.05) is 0 Å². The molecule has 8 heteroatoms. The number of hydrogen-bond acceptors (Lipinski definition) is 4. The molecule has 114 valence electrons.